The number of rotatable bonds is 3. The maximum Gasteiger partial charge on any atom is 0.573 e. The van der Waals surface area contributed by atoms with Crippen LogP contribution in [0.2, 0.25) is 0 Å². The summed E-state index contributed by atoms with van der Waals surface area (Å²) >= 11 is 3.04. The van der Waals surface area contributed by atoms with Crippen LogP contribution in [0.15, 0.2) is 16.6 Å². The van der Waals surface area contributed by atoms with Gasteiger partial charge in [-0.1, -0.05) is 0 Å². The average molecular weight is 337 g/mol. The van der Waals surface area contributed by atoms with Gasteiger partial charge in [0.05, 0.1) is 11.8 Å². The fourth-order valence-corrected chi connectivity index (χ4v) is 1.96. The molecule has 19 heavy (non-hydrogen) atoms. The smallest absolute Gasteiger partial charge is 0.406 e. The summed E-state index contributed by atoms with van der Waals surface area (Å²) in [7, 11) is 0. The molecule has 1 aromatic rings. The molecule has 1 amide bonds. The van der Waals surface area contributed by atoms with Crippen LogP contribution in [0.4, 0.5) is 18.9 Å². The molecule has 0 radical (unpaired) electrons. The van der Waals surface area contributed by atoms with Gasteiger partial charge in [-0.05, 0) is 40.5 Å². The second-order valence-electron chi connectivity index (χ2n) is 3.53. The largest absolute Gasteiger partial charge is 0.573 e. The zero-order chi connectivity index (χ0) is 14.6. The van der Waals surface area contributed by atoms with Crippen molar-refractivity contribution in [2.75, 3.05) is 5.32 Å². The van der Waals surface area contributed by atoms with Gasteiger partial charge in [0.15, 0.2) is 0 Å². The Morgan fingerprint density at radius 3 is 2.63 bits per heavy atom. The fraction of sp³-hybridized carbons (Fsp3) is 0.273. The van der Waals surface area contributed by atoms with E-state index in [1.54, 1.807) is 6.07 Å². The first kappa shape index (κ1) is 15.3. The first-order chi connectivity index (χ1) is 8.73. The molecule has 0 unspecified atom stereocenters. The molecule has 0 atom stereocenters. The Balaban J connectivity index is 2.98. The summed E-state index contributed by atoms with van der Waals surface area (Å²) < 4.78 is 40.2. The number of nitriles is 1. The topological polar surface area (TPSA) is 62.1 Å². The van der Waals surface area contributed by atoms with Crippen LogP contribution in [0, 0.1) is 18.3 Å². The molecule has 0 aliphatic carbocycles. The lowest BCUT2D eigenvalue weighted by molar-refractivity contribution is -0.274. The first-order valence-electron chi connectivity index (χ1n) is 4.95. The molecule has 0 aliphatic rings. The van der Waals surface area contributed by atoms with Gasteiger partial charge >= 0.3 is 6.36 Å². The number of nitrogens with one attached hydrogen (secondary N) is 1. The van der Waals surface area contributed by atoms with Gasteiger partial charge in [0.1, 0.15) is 12.2 Å². The quantitative estimate of drug-likeness (QED) is 0.918. The van der Waals surface area contributed by atoms with E-state index in [9.17, 15) is 18.0 Å². The van der Waals surface area contributed by atoms with Crippen molar-refractivity contribution >= 4 is 27.5 Å². The van der Waals surface area contributed by atoms with E-state index in [4.69, 9.17) is 5.26 Å². The number of nitrogens with zero attached hydrogens (tertiary/aromatic N) is 1. The van der Waals surface area contributed by atoms with Crippen molar-refractivity contribution < 1.29 is 22.7 Å². The number of carbonyl (C=O) groups is 1. The molecular formula is C11H8BrF3N2O2. The summed E-state index contributed by atoms with van der Waals surface area (Å²) in [5.74, 6) is -0.939. The molecule has 0 bridgehead atoms. The standard InChI is InChI=1S/C11H8BrF3N2O2/c1-6-4-7(19-11(13,14)15)5-8(12)10(6)17-9(18)2-3-16/h4-5H,2H2,1H3,(H,17,18). The molecule has 1 aromatic carbocycles. The van der Waals surface area contributed by atoms with E-state index in [1.165, 1.54) is 6.92 Å². The molecule has 0 saturated heterocycles. The van der Waals surface area contributed by atoms with Gasteiger partial charge < -0.3 is 10.1 Å². The van der Waals surface area contributed by atoms with Gasteiger partial charge in [-0.2, -0.15) is 5.26 Å². The van der Waals surface area contributed by atoms with E-state index < -0.39 is 18.0 Å². The predicted molar refractivity (Wildman–Crippen MR) is 64.4 cm³/mol. The summed E-state index contributed by atoms with van der Waals surface area (Å²) in [4.78, 5) is 11.3. The average Bonchev–Trinajstić information content (AvgIpc) is 2.21. The van der Waals surface area contributed by atoms with E-state index >= 15 is 0 Å². The number of ether oxygens (including phenoxy) is 1. The minimum absolute atomic E-state index is 0.234. The van der Waals surface area contributed by atoms with Crippen LogP contribution in [0.3, 0.4) is 0 Å². The second kappa shape index (κ2) is 5.93. The Morgan fingerprint density at radius 2 is 2.16 bits per heavy atom. The van der Waals surface area contributed by atoms with E-state index in [1.807, 2.05) is 0 Å². The molecule has 8 heteroatoms. The number of halogens is 4. The zero-order valence-electron chi connectivity index (χ0n) is 9.64. The van der Waals surface area contributed by atoms with Crippen LogP contribution in [-0.2, 0) is 4.79 Å². The Hall–Kier alpha value is -1.75. The molecule has 0 spiro atoms. The summed E-state index contributed by atoms with van der Waals surface area (Å²) in [6, 6.07) is 3.89. The Labute approximate surface area is 115 Å². The number of hydrogen-bond donors (Lipinski definition) is 1. The van der Waals surface area contributed by atoms with Crippen molar-refractivity contribution in [1.29, 1.82) is 5.26 Å². The number of amides is 1. The number of anilines is 1. The highest BCUT2D eigenvalue weighted by molar-refractivity contribution is 9.10. The van der Waals surface area contributed by atoms with Crippen molar-refractivity contribution in [3.8, 4) is 11.8 Å². The number of hydrogen-bond acceptors (Lipinski definition) is 3. The van der Waals surface area contributed by atoms with Crippen LogP contribution in [0.25, 0.3) is 0 Å². The van der Waals surface area contributed by atoms with E-state index in [0.29, 0.717) is 11.3 Å². The zero-order valence-corrected chi connectivity index (χ0v) is 11.2. The monoisotopic (exact) mass is 336 g/mol. The number of alkyl halides is 3. The Morgan fingerprint density at radius 1 is 1.53 bits per heavy atom. The van der Waals surface area contributed by atoms with Crippen LogP contribution >= 0.6 is 15.9 Å². The van der Waals surface area contributed by atoms with Crippen molar-refractivity contribution in [1.82, 2.24) is 0 Å². The second-order valence-corrected chi connectivity index (χ2v) is 4.38. The van der Waals surface area contributed by atoms with Gasteiger partial charge in [-0.15, -0.1) is 13.2 Å². The number of carbonyl (C=O) groups excluding carboxylic acids is 1. The Kier molecular flexibility index (Phi) is 4.78. The molecule has 0 aromatic heterocycles. The SMILES string of the molecule is Cc1cc(OC(F)(F)F)cc(Br)c1NC(=O)CC#N. The van der Waals surface area contributed by atoms with E-state index in [2.05, 4.69) is 26.0 Å². The fourth-order valence-electron chi connectivity index (χ4n) is 1.32. The normalized spacial score (nSPS) is 10.7. The molecule has 0 aliphatic heterocycles. The minimum atomic E-state index is -4.78. The van der Waals surface area contributed by atoms with Crippen molar-refractivity contribution in [3.63, 3.8) is 0 Å². The molecule has 1 N–H and O–H groups in total. The summed E-state index contributed by atoms with van der Waals surface area (Å²) in [5, 5.41) is 10.8. The van der Waals surface area contributed by atoms with Crippen molar-refractivity contribution in [2.24, 2.45) is 0 Å². The molecule has 4 nitrogen and oxygen atoms in total. The van der Waals surface area contributed by atoms with E-state index in [0.717, 1.165) is 12.1 Å². The van der Waals surface area contributed by atoms with Gasteiger partial charge in [-0.25, -0.2) is 0 Å². The lowest BCUT2D eigenvalue weighted by atomic mass is 10.2. The lowest BCUT2D eigenvalue weighted by Gasteiger charge is -2.14. The molecule has 0 heterocycles. The van der Waals surface area contributed by atoms with Crippen LogP contribution in [0.5, 0.6) is 5.75 Å². The summed E-state index contributed by atoms with van der Waals surface area (Å²) in [6.45, 7) is 1.51. The predicted octanol–water partition coefficient (Wildman–Crippen LogP) is 3.51. The molecular weight excluding hydrogens is 329 g/mol. The third-order valence-electron chi connectivity index (χ3n) is 2.00. The van der Waals surface area contributed by atoms with Gasteiger partial charge in [0.25, 0.3) is 0 Å². The minimum Gasteiger partial charge on any atom is -0.406 e. The van der Waals surface area contributed by atoms with Gasteiger partial charge in [0.2, 0.25) is 5.91 Å². The van der Waals surface area contributed by atoms with Crippen molar-refractivity contribution in [2.45, 2.75) is 19.7 Å². The third kappa shape index (κ3) is 4.79. The van der Waals surface area contributed by atoms with Gasteiger partial charge in [-0.3, -0.25) is 4.79 Å². The lowest BCUT2D eigenvalue weighted by Crippen LogP contribution is -2.17. The van der Waals surface area contributed by atoms with Crippen LogP contribution in [-0.4, -0.2) is 12.3 Å². The number of aryl methyl sites for hydroxylation is 1. The maximum atomic E-state index is 12.1. The highest BCUT2D eigenvalue weighted by atomic mass is 79.9. The first-order valence-corrected chi connectivity index (χ1v) is 5.75. The van der Waals surface area contributed by atoms with Gasteiger partial charge in [0, 0.05) is 4.47 Å². The summed E-state index contributed by atoms with van der Waals surface area (Å²) in [5.41, 5.74) is 0.676. The van der Waals surface area contributed by atoms with E-state index in [-0.39, 0.29) is 10.9 Å². The molecule has 0 saturated carbocycles. The highest BCUT2D eigenvalue weighted by Gasteiger charge is 2.31. The molecule has 0 fully saturated rings. The van der Waals surface area contributed by atoms with Crippen LogP contribution in [0.1, 0.15) is 12.0 Å². The summed E-state index contributed by atoms with van der Waals surface area (Å²) in [6.07, 6.45) is -5.12. The third-order valence-corrected chi connectivity index (χ3v) is 2.62. The highest BCUT2D eigenvalue weighted by Crippen LogP contribution is 2.33. The molecule has 1 rings (SSSR count). The van der Waals surface area contributed by atoms with Crippen LogP contribution < -0.4 is 10.1 Å². The number of benzene rings is 1. The maximum absolute atomic E-state index is 12.1. The van der Waals surface area contributed by atoms with Crippen molar-refractivity contribution in [3.05, 3.63) is 22.2 Å². The Bertz CT molecular complexity index is 515. The molecule has 102 valence electrons.